The zero-order valence-electron chi connectivity index (χ0n) is 12.9. The summed E-state index contributed by atoms with van der Waals surface area (Å²) in [7, 11) is 3.85. The molecule has 0 aliphatic carbocycles. The molecule has 2 N–H and O–H groups in total. The van der Waals surface area contributed by atoms with E-state index in [4.69, 9.17) is 0 Å². The van der Waals surface area contributed by atoms with Crippen molar-refractivity contribution in [2.75, 3.05) is 29.6 Å². The van der Waals surface area contributed by atoms with Crippen LogP contribution in [0.3, 0.4) is 0 Å². The molecule has 0 fully saturated rings. The van der Waals surface area contributed by atoms with E-state index in [9.17, 15) is 9.59 Å². The number of hydrogen-bond donors (Lipinski definition) is 2. The Morgan fingerprint density at radius 3 is 2.18 bits per heavy atom. The van der Waals surface area contributed by atoms with Crippen molar-refractivity contribution in [3.63, 3.8) is 0 Å². The van der Waals surface area contributed by atoms with Crippen LogP contribution >= 0.6 is 0 Å². The first-order valence-corrected chi connectivity index (χ1v) is 6.92. The van der Waals surface area contributed by atoms with E-state index >= 15 is 0 Å². The van der Waals surface area contributed by atoms with Gasteiger partial charge in [0.1, 0.15) is 0 Å². The third-order valence-corrected chi connectivity index (χ3v) is 3.07. The van der Waals surface area contributed by atoms with Gasteiger partial charge >= 0.3 is 0 Å². The third-order valence-electron chi connectivity index (χ3n) is 3.07. The molecule has 0 saturated heterocycles. The summed E-state index contributed by atoms with van der Waals surface area (Å²) in [6, 6.07) is 14.4. The fourth-order valence-electron chi connectivity index (χ4n) is 2.01. The summed E-state index contributed by atoms with van der Waals surface area (Å²) < 4.78 is 0. The van der Waals surface area contributed by atoms with E-state index in [1.807, 2.05) is 37.2 Å². The summed E-state index contributed by atoms with van der Waals surface area (Å²) in [5.41, 5.74) is 2.81. The van der Waals surface area contributed by atoms with Crippen LogP contribution in [0.5, 0.6) is 0 Å². The topological polar surface area (TPSA) is 61.4 Å². The lowest BCUT2D eigenvalue weighted by Gasteiger charge is -2.13. The molecule has 22 heavy (non-hydrogen) atoms. The molecule has 0 heterocycles. The largest absolute Gasteiger partial charge is 0.378 e. The molecule has 2 amide bonds. The van der Waals surface area contributed by atoms with Crippen LogP contribution in [0.1, 0.15) is 17.3 Å². The molecule has 0 unspecified atom stereocenters. The van der Waals surface area contributed by atoms with E-state index in [1.54, 1.807) is 30.3 Å². The molecular formula is C17H19N3O2. The predicted octanol–water partition coefficient (Wildman–Crippen LogP) is 2.96. The molecule has 0 saturated carbocycles. The van der Waals surface area contributed by atoms with Crippen molar-refractivity contribution in [1.82, 2.24) is 0 Å². The SMILES string of the molecule is CC(=O)Nc1cccc(NC(=O)c2cccc(N(C)C)c2)c1. The number of carbonyl (C=O) groups is 2. The van der Waals surface area contributed by atoms with Gasteiger partial charge in [0.25, 0.3) is 5.91 Å². The molecule has 114 valence electrons. The van der Waals surface area contributed by atoms with Crippen LogP contribution in [0.4, 0.5) is 17.1 Å². The Hall–Kier alpha value is -2.82. The minimum atomic E-state index is -0.191. The van der Waals surface area contributed by atoms with Gasteiger partial charge in [0.05, 0.1) is 0 Å². The molecule has 0 radical (unpaired) electrons. The van der Waals surface area contributed by atoms with Gasteiger partial charge in [0, 0.05) is 43.6 Å². The van der Waals surface area contributed by atoms with E-state index in [0.717, 1.165) is 5.69 Å². The highest BCUT2D eigenvalue weighted by atomic mass is 16.2. The molecule has 0 aliphatic rings. The van der Waals surface area contributed by atoms with Gasteiger partial charge in [-0.1, -0.05) is 12.1 Å². The van der Waals surface area contributed by atoms with Crippen molar-refractivity contribution >= 4 is 28.9 Å². The average Bonchev–Trinajstić information content (AvgIpc) is 2.47. The minimum absolute atomic E-state index is 0.151. The van der Waals surface area contributed by atoms with Gasteiger partial charge in [0.15, 0.2) is 0 Å². The maximum atomic E-state index is 12.3. The van der Waals surface area contributed by atoms with Gasteiger partial charge in [-0.3, -0.25) is 9.59 Å². The van der Waals surface area contributed by atoms with Gasteiger partial charge < -0.3 is 15.5 Å². The lowest BCUT2D eigenvalue weighted by molar-refractivity contribution is -0.114. The fraction of sp³-hybridized carbons (Fsp3) is 0.176. The lowest BCUT2D eigenvalue weighted by atomic mass is 10.1. The van der Waals surface area contributed by atoms with E-state index in [1.165, 1.54) is 6.92 Å². The number of anilines is 3. The lowest BCUT2D eigenvalue weighted by Crippen LogP contribution is -2.14. The summed E-state index contributed by atoms with van der Waals surface area (Å²) in [5, 5.41) is 5.51. The van der Waals surface area contributed by atoms with E-state index in [2.05, 4.69) is 10.6 Å². The molecule has 2 aromatic carbocycles. The minimum Gasteiger partial charge on any atom is -0.378 e. The third kappa shape index (κ3) is 4.09. The summed E-state index contributed by atoms with van der Waals surface area (Å²) >= 11 is 0. The van der Waals surface area contributed by atoms with Crippen molar-refractivity contribution in [3.05, 3.63) is 54.1 Å². The fourth-order valence-corrected chi connectivity index (χ4v) is 2.01. The second-order valence-electron chi connectivity index (χ2n) is 5.16. The number of amides is 2. The maximum absolute atomic E-state index is 12.3. The van der Waals surface area contributed by atoms with Crippen LogP contribution < -0.4 is 15.5 Å². The molecule has 5 heteroatoms. The van der Waals surface area contributed by atoms with Crippen LogP contribution in [0.2, 0.25) is 0 Å². The van der Waals surface area contributed by atoms with Crippen LogP contribution in [0, 0.1) is 0 Å². The molecular weight excluding hydrogens is 278 g/mol. The predicted molar refractivity (Wildman–Crippen MR) is 89.5 cm³/mol. The van der Waals surface area contributed by atoms with E-state index < -0.39 is 0 Å². The smallest absolute Gasteiger partial charge is 0.255 e. The first-order chi connectivity index (χ1) is 10.5. The molecule has 0 spiro atoms. The van der Waals surface area contributed by atoms with E-state index in [-0.39, 0.29) is 11.8 Å². The van der Waals surface area contributed by atoms with Crippen molar-refractivity contribution < 1.29 is 9.59 Å². The van der Waals surface area contributed by atoms with Crippen LogP contribution in [-0.2, 0) is 4.79 Å². The quantitative estimate of drug-likeness (QED) is 0.912. The zero-order valence-corrected chi connectivity index (χ0v) is 12.9. The Morgan fingerprint density at radius 2 is 1.55 bits per heavy atom. The molecule has 5 nitrogen and oxygen atoms in total. The Labute approximate surface area is 129 Å². The second kappa shape index (κ2) is 6.76. The summed E-state index contributed by atoms with van der Waals surface area (Å²) in [6.45, 7) is 1.44. The van der Waals surface area contributed by atoms with Crippen molar-refractivity contribution in [1.29, 1.82) is 0 Å². The number of benzene rings is 2. The standard InChI is InChI=1S/C17H19N3O2/c1-12(21)18-14-7-5-8-15(11-14)19-17(22)13-6-4-9-16(10-13)20(2)3/h4-11H,1-3H3,(H,18,21)(H,19,22). The highest BCUT2D eigenvalue weighted by molar-refractivity contribution is 6.05. The van der Waals surface area contributed by atoms with Gasteiger partial charge in [0.2, 0.25) is 5.91 Å². The Morgan fingerprint density at radius 1 is 0.909 bits per heavy atom. The monoisotopic (exact) mass is 297 g/mol. The number of hydrogen-bond acceptors (Lipinski definition) is 3. The highest BCUT2D eigenvalue weighted by Gasteiger charge is 2.08. The molecule has 0 atom stereocenters. The van der Waals surface area contributed by atoms with Gasteiger partial charge in [-0.25, -0.2) is 0 Å². The van der Waals surface area contributed by atoms with Crippen molar-refractivity contribution in [3.8, 4) is 0 Å². The summed E-state index contributed by atoms with van der Waals surface area (Å²) in [4.78, 5) is 25.3. The second-order valence-corrected chi connectivity index (χ2v) is 5.16. The Kier molecular flexibility index (Phi) is 4.78. The maximum Gasteiger partial charge on any atom is 0.255 e. The Bertz CT molecular complexity index is 696. The van der Waals surface area contributed by atoms with Crippen LogP contribution in [-0.4, -0.2) is 25.9 Å². The van der Waals surface area contributed by atoms with E-state index in [0.29, 0.717) is 16.9 Å². The first kappa shape index (κ1) is 15.6. The molecule has 0 aliphatic heterocycles. The van der Waals surface area contributed by atoms with Crippen molar-refractivity contribution in [2.45, 2.75) is 6.92 Å². The van der Waals surface area contributed by atoms with Crippen LogP contribution in [0.15, 0.2) is 48.5 Å². The molecule has 0 aromatic heterocycles. The van der Waals surface area contributed by atoms with Gasteiger partial charge in [-0.15, -0.1) is 0 Å². The average molecular weight is 297 g/mol. The summed E-state index contributed by atoms with van der Waals surface area (Å²) in [5.74, 6) is -0.342. The molecule has 2 rings (SSSR count). The zero-order chi connectivity index (χ0) is 16.1. The number of nitrogens with zero attached hydrogens (tertiary/aromatic N) is 1. The number of carbonyl (C=O) groups excluding carboxylic acids is 2. The van der Waals surface area contributed by atoms with Gasteiger partial charge in [-0.05, 0) is 36.4 Å². The van der Waals surface area contributed by atoms with Crippen molar-refractivity contribution in [2.24, 2.45) is 0 Å². The Balaban J connectivity index is 2.15. The molecule has 0 bridgehead atoms. The highest BCUT2D eigenvalue weighted by Crippen LogP contribution is 2.18. The first-order valence-electron chi connectivity index (χ1n) is 6.92. The molecule has 2 aromatic rings. The van der Waals surface area contributed by atoms with Gasteiger partial charge in [-0.2, -0.15) is 0 Å². The number of rotatable bonds is 4. The summed E-state index contributed by atoms with van der Waals surface area (Å²) in [6.07, 6.45) is 0. The van der Waals surface area contributed by atoms with Crippen LogP contribution in [0.25, 0.3) is 0 Å². The normalized spacial score (nSPS) is 9.95. The number of nitrogens with one attached hydrogen (secondary N) is 2.